The number of rotatable bonds is 46. The van der Waals surface area contributed by atoms with Crippen molar-refractivity contribution in [2.24, 2.45) is 0 Å². The summed E-state index contributed by atoms with van der Waals surface area (Å²) in [4.78, 5) is 37.0. The maximum absolute atomic E-state index is 12.8. The van der Waals surface area contributed by atoms with Crippen molar-refractivity contribution < 1.29 is 38.2 Å². The van der Waals surface area contributed by atoms with Crippen molar-refractivity contribution in [3.05, 3.63) is 60.8 Å². The van der Waals surface area contributed by atoms with E-state index in [2.05, 4.69) is 74.6 Å². The van der Waals surface area contributed by atoms with Gasteiger partial charge >= 0.3 is 11.9 Å². The van der Waals surface area contributed by atoms with Crippen LogP contribution in [0.25, 0.3) is 0 Å². The van der Waals surface area contributed by atoms with Gasteiger partial charge in [0.25, 0.3) is 0 Å². The number of nitrogens with zero attached hydrogens (tertiary/aromatic N) is 1. The lowest BCUT2D eigenvalue weighted by molar-refractivity contribution is -0.889. The molecule has 2 atom stereocenters. The van der Waals surface area contributed by atoms with Crippen molar-refractivity contribution >= 4 is 17.9 Å². The molecule has 0 aliphatic rings. The molecule has 0 saturated heterocycles. The molecule has 0 heterocycles. The number of carboxylic acid groups (broad SMARTS) is 1. The van der Waals surface area contributed by atoms with E-state index in [1.165, 1.54) is 109 Å². The number of carbonyl (C=O) groups excluding carboxylic acids is 3. The van der Waals surface area contributed by atoms with Gasteiger partial charge < -0.3 is 28.6 Å². The lowest BCUT2D eigenvalue weighted by Gasteiger charge is -2.34. The maximum atomic E-state index is 12.8. The van der Waals surface area contributed by atoms with Crippen LogP contribution in [0.15, 0.2) is 60.8 Å². The molecule has 0 aromatic carbocycles. The van der Waals surface area contributed by atoms with Crippen molar-refractivity contribution in [3.63, 3.8) is 0 Å². The Bertz CT molecular complexity index is 1210. The third-order valence-electron chi connectivity index (χ3n) is 11.4. The molecular formula is C55H97NO7. The number of esters is 2. The molecule has 0 aliphatic carbocycles. The zero-order valence-corrected chi connectivity index (χ0v) is 41.5. The number of hydrogen-bond donors (Lipinski definition) is 0. The monoisotopic (exact) mass is 884 g/mol. The molecule has 8 nitrogen and oxygen atoms in total. The molecule has 8 heteroatoms. The molecule has 0 aromatic rings. The smallest absolute Gasteiger partial charge is 0.306 e. The van der Waals surface area contributed by atoms with Crippen LogP contribution in [0.1, 0.15) is 219 Å². The van der Waals surface area contributed by atoms with E-state index in [-0.39, 0.29) is 42.7 Å². The number of ether oxygens (including phenoxy) is 3. The first-order valence-corrected chi connectivity index (χ1v) is 25.8. The first-order chi connectivity index (χ1) is 30.6. The maximum Gasteiger partial charge on any atom is 0.306 e. The quantitative estimate of drug-likeness (QED) is 0.0260. The largest absolute Gasteiger partial charge is 0.544 e. The molecule has 0 saturated carbocycles. The summed E-state index contributed by atoms with van der Waals surface area (Å²) in [5, 5.41) is 11.7. The highest BCUT2D eigenvalue weighted by Gasteiger charge is 2.25. The van der Waals surface area contributed by atoms with Gasteiger partial charge in [-0.2, -0.15) is 0 Å². The highest BCUT2D eigenvalue weighted by molar-refractivity contribution is 5.70. The van der Waals surface area contributed by atoms with Gasteiger partial charge in [0, 0.05) is 19.3 Å². The molecule has 0 amide bonds. The number of carboxylic acids is 1. The number of likely N-dealkylation sites (N-methyl/N-ethyl adjacent to an activating group) is 1. The molecule has 0 fully saturated rings. The van der Waals surface area contributed by atoms with Crippen molar-refractivity contribution in [2.45, 2.75) is 231 Å². The summed E-state index contributed by atoms with van der Waals surface area (Å²) in [7, 11) is 5.41. The number of hydrogen-bond acceptors (Lipinski definition) is 7. The second kappa shape index (κ2) is 45.6. The highest BCUT2D eigenvalue weighted by atomic mass is 16.6. The van der Waals surface area contributed by atoms with E-state index in [1.807, 2.05) is 0 Å². The average Bonchev–Trinajstić information content (AvgIpc) is 3.24. The average molecular weight is 884 g/mol. The third-order valence-corrected chi connectivity index (χ3v) is 11.4. The molecule has 0 spiro atoms. The van der Waals surface area contributed by atoms with E-state index in [9.17, 15) is 19.5 Å². The Morgan fingerprint density at radius 3 is 1.33 bits per heavy atom. The number of allylic oxidation sites excluding steroid dienone is 10. The van der Waals surface area contributed by atoms with Crippen molar-refractivity contribution in [1.29, 1.82) is 0 Å². The first-order valence-electron chi connectivity index (χ1n) is 25.8. The fourth-order valence-corrected chi connectivity index (χ4v) is 7.41. The molecular weight excluding hydrogens is 787 g/mol. The van der Waals surface area contributed by atoms with E-state index in [0.29, 0.717) is 12.8 Å². The highest BCUT2D eigenvalue weighted by Crippen LogP contribution is 2.15. The van der Waals surface area contributed by atoms with Gasteiger partial charge in [-0.05, 0) is 77.0 Å². The van der Waals surface area contributed by atoms with E-state index in [1.54, 1.807) is 21.1 Å². The lowest BCUT2D eigenvalue weighted by Crippen LogP contribution is -2.55. The summed E-state index contributed by atoms with van der Waals surface area (Å²) < 4.78 is 17.2. The normalized spacial score (nSPS) is 13.3. The van der Waals surface area contributed by atoms with Gasteiger partial charge in [-0.3, -0.25) is 9.59 Å². The Morgan fingerprint density at radius 2 is 0.889 bits per heavy atom. The fraction of sp³-hybridized carbons (Fsp3) is 0.764. The molecule has 63 heavy (non-hydrogen) atoms. The van der Waals surface area contributed by atoms with Crippen LogP contribution in [0, 0.1) is 0 Å². The minimum absolute atomic E-state index is 0.0354. The number of unbranched alkanes of at least 4 members (excludes halogenated alkanes) is 22. The summed E-state index contributed by atoms with van der Waals surface area (Å²) in [6.45, 7) is 4.55. The Labute approximate surface area is 388 Å². The van der Waals surface area contributed by atoms with Gasteiger partial charge in [0.2, 0.25) is 0 Å². The zero-order valence-electron chi connectivity index (χ0n) is 41.5. The second-order valence-electron chi connectivity index (χ2n) is 18.4. The third kappa shape index (κ3) is 44.0. The minimum Gasteiger partial charge on any atom is -0.544 e. The van der Waals surface area contributed by atoms with Gasteiger partial charge in [0.15, 0.2) is 6.10 Å². The molecule has 0 bridgehead atoms. The van der Waals surface area contributed by atoms with E-state index < -0.39 is 18.1 Å². The van der Waals surface area contributed by atoms with Crippen LogP contribution in [-0.2, 0) is 28.6 Å². The molecule has 0 rings (SSSR count). The first kappa shape index (κ1) is 60.0. The summed E-state index contributed by atoms with van der Waals surface area (Å²) in [5.74, 6) is -1.75. The Balaban J connectivity index is 4.23. The predicted molar refractivity (Wildman–Crippen MR) is 263 cm³/mol. The summed E-state index contributed by atoms with van der Waals surface area (Å²) in [6.07, 6.45) is 56.8. The van der Waals surface area contributed by atoms with Crippen LogP contribution in [0.5, 0.6) is 0 Å². The Hall–Kier alpha value is -2.97. The van der Waals surface area contributed by atoms with Gasteiger partial charge in [0.05, 0.1) is 40.3 Å². The van der Waals surface area contributed by atoms with E-state index in [0.717, 1.165) is 77.0 Å². The molecule has 0 aromatic heterocycles. The zero-order chi connectivity index (χ0) is 46.3. The van der Waals surface area contributed by atoms with E-state index in [4.69, 9.17) is 14.2 Å². The molecule has 364 valence electrons. The van der Waals surface area contributed by atoms with E-state index >= 15 is 0 Å². The fourth-order valence-electron chi connectivity index (χ4n) is 7.41. The number of aliphatic carboxylic acids is 1. The second-order valence-corrected chi connectivity index (χ2v) is 18.4. The van der Waals surface area contributed by atoms with Crippen molar-refractivity contribution in [3.8, 4) is 0 Å². The predicted octanol–water partition coefficient (Wildman–Crippen LogP) is 13.6. The van der Waals surface area contributed by atoms with Gasteiger partial charge in [-0.1, -0.05) is 184 Å². The van der Waals surface area contributed by atoms with Crippen molar-refractivity contribution in [2.75, 3.05) is 41.0 Å². The van der Waals surface area contributed by atoms with Crippen LogP contribution in [0.2, 0.25) is 0 Å². The Morgan fingerprint density at radius 1 is 0.492 bits per heavy atom. The van der Waals surface area contributed by atoms with Crippen LogP contribution >= 0.6 is 0 Å². The van der Waals surface area contributed by atoms with Gasteiger partial charge in [-0.25, -0.2) is 0 Å². The standard InChI is InChI=1S/C55H97NO7/c1-6-8-10-12-14-16-18-20-22-24-25-26-27-28-29-30-32-33-35-37-39-41-43-45-53(57)62-50-51(49-61-48-47-52(55(59)60)56(3,4)5)63-54(58)46-44-42-40-38-36-34-31-23-21-19-17-15-13-11-9-7-2/h8,10,14,16,20,22-23,25-26,31,51-52H,6-7,9,11-13,15,17-19,21,24,27-30,32-50H2,1-5H3/b10-8+,16-14+,22-20+,26-25+,31-23+. The van der Waals surface area contributed by atoms with Crippen LogP contribution in [-0.4, -0.2) is 75.5 Å². The Kier molecular flexibility index (Phi) is 43.4. The van der Waals surface area contributed by atoms with Crippen molar-refractivity contribution in [1.82, 2.24) is 0 Å². The van der Waals surface area contributed by atoms with Crippen LogP contribution in [0.4, 0.5) is 0 Å². The SMILES string of the molecule is CC/C=C/C/C=C/C/C=C/C/C=C/CCCCCCCCCCCCC(=O)OCC(COCCC(C(=O)[O-])[N+](C)(C)C)OC(=O)CCCCCCC/C=C/CCCCCCCCC. The van der Waals surface area contributed by atoms with Gasteiger partial charge in [-0.15, -0.1) is 0 Å². The topological polar surface area (TPSA) is 102 Å². The minimum atomic E-state index is -1.13. The van der Waals surface area contributed by atoms with Crippen LogP contribution < -0.4 is 5.11 Å². The number of carbonyl (C=O) groups is 3. The summed E-state index contributed by atoms with van der Waals surface area (Å²) in [5.41, 5.74) is 0. The van der Waals surface area contributed by atoms with Gasteiger partial charge in [0.1, 0.15) is 12.6 Å². The summed E-state index contributed by atoms with van der Waals surface area (Å²) >= 11 is 0. The molecule has 0 radical (unpaired) electrons. The number of quaternary nitrogens is 1. The summed E-state index contributed by atoms with van der Waals surface area (Å²) in [6, 6.07) is -0.729. The molecule has 0 N–H and O–H groups in total. The van der Waals surface area contributed by atoms with Crippen LogP contribution in [0.3, 0.4) is 0 Å². The molecule has 0 aliphatic heterocycles. The molecule has 2 unspecified atom stereocenters. The lowest BCUT2D eigenvalue weighted by atomic mass is 10.1.